The van der Waals surface area contributed by atoms with Crippen LogP contribution in [-0.2, 0) is 19.1 Å². The van der Waals surface area contributed by atoms with Crippen molar-refractivity contribution in [1.29, 1.82) is 0 Å². The van der Waals surface area contributed by atoms with Gasteiger partial charge in [-0.1, -0.05) is 0 Å². The summed E-state index contributed by atoms with van der Waals surface area (Å²) in [5, 5.41) is 10.9. The molecule has 1 rings (SSSR count). The van der Waals surface area contributed by atoms with Crippen molar-refractivity contribution in [2.75, 3.05) is 19.8 Å². The number of carbonyl (C=O) groups excluding carboxylic acids is 2. The van der Waals surface area contributed by atoms with Crippen LogP contribution in [-0.4, -0.2) is 36.6 Å². The van der Waals surface area contributed by atoms with Crippen LogP contribution >= 0.6 is 0 Å². The Balaban J connectivity index is 3.53. The van der Waals surface area contributed by atoms with E-state index in [1.807, 2.05) is 0 Å². The third-order valence-corrected chi connectivity index (χ3v) is 3.28. The molecule has 0 radical (unpaired) electrons. The largest absolute Gasteiger partial charge is 0.465 e. The Kier molecular flexibility index (Phi) is 7.34. The first-order chi connectivity index (χ1) is 11.7. The van der Waals surface area contributed by atoms with E-state index < -0.39 is 58.3 Å². The minimum Gasteiger partial charge on any atom is -0.465 e. The highest BCUT2D eigenvalue weighted by Gasteiger charge is 2.44. The maximum absolute atomic E-state index is 14.1. The molecule has 0 heterocycles. The average molecular weight is 363 g/mol. The molecule has 1 atom stereocenters. The molecule has 1 aromatic carbocycles. The molecule has 0 saturated heterocycles. The number of halogens is 3. The van der Waals surface area contributed by atoms with Crippen LogP contribution < -0.4 is 0 Å². The molecule has 0 aliphatic heterocycles. The number of nitrogens with zero attached hydrogens (tertiary/aromatic N) is 1. The summed E-state index contributed by atoms with van der Waals surface area (Å²) in [6.45, 7) is 1.24. The molecule has 0 unspecified atom stereocenters. The second-order valence-corrected chi connectivity index (χ2v) is 4.86. The van der Waals surface area contributed by atoms with Crippen molar-refractivity contribution < 1.29 is 37.2 Å². The number of carbonyl (C=O) groups is 2. The third kappa shape index (κ3) is 4.91. The fourth-order valence-corrected chi connectivity index (χ4v) is 2.30. The normalized spacial score (nSPS) is 11.9. The van der Waals surface area contributed by atoms with Gasteiger partial charge in [-0.25, -0.2) is 13.2 Å². The summed E-state index contributed by atoms with van der Waals surface area (Å²) in [4.78, 5) is 34.1. The first-order valence-electron chi connectivity index (χ1n) is 7.32. The van der Waals surface area contributed by atoms with Crippen molar-refractivity contribution in [3.05, 3.63) is 45.3 Å². The Labute approximate surface area is 140 Å². The van der Waals surface area contributed by atoms with Gasteiger partial charge in [0, 0.05) is 10.5 Å². The van der Waals surface area contributed by atoms with Crippen molar-refractivity contribution in [3.63, 3.8) is 0 Å². The van der Waals surface area contributed by atoms with Crippen LogP contribution in [0.3, 0.4) is 0 Å². The summed E-state index contributed by atoms with van der Waals surface area (Å²) in [5.41, 5.74) is -1.08. The van der Waals surface area contributed by atoms with Gasteiger partial charge in [-0.2, -0.15) is 0 Å². The maximum Gasteiger partial charge on any atom is 0.321 e. The Morgan fingerprint density at radius 3 is 2.00 bits per heavy atom. The Morgan fingerprint density at radius 1 is 1.08 bits per heavy atom. The molecular weight excluding hydrogens is 347 g/mol. The first-order valence-corrected chi connectivity index (χ1v) is 7.32. The van der Waals surface area contributed by atoms with Crippen molar-refractivity contribution in [1.82, 2.24) is 0 Å². The van der Waals surface area contributed by atoms with E-state index in [4.69, 9.17) is 0 Å². The SMILES string of the molecule is CCOC(=O)C(C(=O)OCC)[C@@H](C[N+](=O)[O-])c1c(F)ccc(F)c1F. The molecular formula is C15H16F3NO6. The van der Waals surface area contributed by atoms with E-state index in [1.54, 1.807) is 0 Å². The van der Waals surface area contributed by atoms with Crippen LogP contribution in [0.25, 0.3) is 0 Å². The van der Waals surface area contributed by atoms with E-state index in [-0.39, 0.29) is 13.2 Å². The second kappa shape index (κ2) is 9.00. The summed E-state index contributed by atoms with van der Waals surface area (Å²) >= 11 is 0. The average Bonchev–Trinajstić information content (AvgIpc) is 2.51. The minimum atomic E-state index is -2.02. The van der Waals surface area contributed by atoms with Crippen molar-refractivity contribution in [2.24, 2.45) is 5.92 Å². The van der Waals surface area contributed by atoms with E-state index in [0.29, 0.717) is 12.1 Å². The van der Waals surface area contributed by atoms with Crippen molar-refractivity contribution in [2.45, 2.75) is 19.8 Å². The molecule has 0 N–H and O–H groups in total. The molecule has 0 aliphatic carbocycles. The zero-order chi connectivity index (χ0) is 19.1. The van der Waals surface area contributed by atoms with Crippen LogP contribution in [0.15, 0.2) is 12.1 Å². The summed E-state index contributed by atoms with van der Waals surface area (Å²) in [7, 11) is 0. The Morgan fingerprint density at radius 2 is 1.56 bits per heavy atom. The predicted octanol–water partition coefficient (Wildman–Crippen LogP) is 2.21. The fourth-order valence-electron chi connectivity index (χ4n) is 2.30. The third-order valence-electron chi connectivity index (χ3n) is 3.28. The molecule has 0 amide bonds. The Hall–Kier alpha value is -2.65. The molecule has 0 saturated carbocycles. The number of hydrogen-bond donors (Lipinski definition) is 0. The molecule has 0 spiro atoms. The summed E-state index contributed by atoms with van der Waals surface area (Å²) in [6, 6.07) is 1.04. The number of esters is 2. The number of rotatable bonds is 8. The van der Waals surface area contributed by atoms with Crippen LogP contribution in [0, 0.1) is 33.5 Å². The smallest absolute Gasteiger partial charge is 0.321 e. The highest BCUT2D eigenvalue weighted by Crippen LogP contribution is 2.32. The van der Waals surface area contributed by atoms with Gasteiger partial charge in [-0.05, 0) is 26.0 Å². The highest BCUT2D eigenvalue weighted by molar-refractivity contribution is 5.96. The fraction of sp³-hybridized carbons (Fsp3) is 0.467. The van der Waals surface area contributed by atoms with Gasteiger partial charge >= 0.3 is 11.9 Å². The topological polar surface area (TPSA) is 95.7 Å². The molecule has 138 valence electrons. The highest BCUT2D eigenvalue weighted by atomic mass is 19.2. The molecule has 1 aromatic rings. The van der Waals surface area contributed by atoms with Crippen LogP contribution in [0.2, 0.25) is 0 Å². The van der Waals surface area contributed by atoms with E-state index in [2.05, 4.69) is 9.47 Å². The first kappa shape index (κ1) is 20.4. The molecule has 0 bridgehead atoms. The molecule has 0 aromatic heterocycles. The lowest BCUT2D eigenvalue weighted by Crippen LogP contribution is -2.37. The Bertz CT molecular complexity index is 649. The van der Waals surface area contributed by atoms with Gasteiger partial charge < -0.3 is 9.47 Å². The van der Waals surface area contributed by atoms with Gasteiger partial charge in [0.15, 0.2) is 17.6 Å². The van der Waals surface area contributed by atoms with Crippen LogP contribution in [0.1, 0.15) is 25.3 Å². The second-order valence-electron chi connectivity index (χ2n) is 4.86. The molecule has 0 aliphatic rings. The number of nitro groups is 1. The summed E-state index contributed by atoms with van der Waals surface area (Å²) in [6.07, 6.45) is 0. The van der Waals surface area contributed by atoms with E-state index in [0.717, 1.165) is 0 Å². The molecule has 0 fully saturated rings. The molecule has 7 nitrogen and oxygen atoms in total. The molecule has 25 heavy (non-hydrogen) atoms. The van der Waals surface area contributed by atoms with Gasteiger partial charge in [-0.15, -0.1) is 0 Å². The summed E-state index contributed by atoms with van der Waals surface area (Å²) in [5.74, 6) is -11.0. The van der Waals surface area contributed by atoms with Gasteiger partial charge in [0.1, 0.15) is 5.82 Å². The zero-order valence-corrected chi connectivity index (χ0v) is 13.5. The van der Waals surface area contributed by atoms with Crippen LogP contribution in [0.5, 0.6) is 0 Å². The van der Waals surface area contributed by atoms with Crippen molar-refractivity contribution >= 4 is 11.9 Å². The monoisotopic (exact) mass is 363 g/mol. The minimum absolute atomic E-state index is 0.186. The van der Waals surface area contributed by atoms with Gasteiger partial charge in [-0.3, -0.25) is 19.7 Å². The van der Waals surface area contributed by atoms with E-state index in [9.17, 15) is 32.9 Å². The van der Waals surface area contributed by atoms with E-state index >= 15 is 0 Å². The predicted molar refractivity (Wildman–Crippen MR) is 77.7 cm³/mol. The van der Waals surface area contributed by atoms with Crippen molar-refractivity contribution in [3.8, 4) is 0 Å². The quantitative estimate of drug-likeness (QED) is 0.231. The van der Waals surface area contributed by atoms with Gasteiger partial charge in [0.05, 0.1) is 19.1 Å². The lowest BCUT2D eigenvalue weighted by Gasteiger charge is -2.22. The van der Waals surface area contributed by atoms with E-state index in [1.165, 1.54) is 13.8 Å². The van der Waals surface area contributed by atoms with Gasteiger partial charge in [0.2, 0.25) is 6.54 Å². The number of hydrogen-bond acceptors (Lipinski definition) is 6. The standard InChI is InChI=1S/C15H16F3NO6/c1-3-24-14(20)12(15(21)25-4-2)8(7-19(22)23)11-9(16)5-6-10(17)13(11)18/h5-6,8,12H,3-4,7H2,1-2H3/t8-/m0/s1. The maximum atomic E-state index is 14.1. The van der Waals surface area contributed by atoms with Crippen LogP contribution in [0.4, 0.5) is 13.2 Å². The lowest BCUT2D eigenvalue weighted by atomic mass is 9.85. The summed E-state index contributed by atoms with van der Waals surface area (Å²) < 4.78 is 50.9. The number of benzene rings is 1. The molecule has 10 heteroatoms. The van der Waals surface area contributed by atoms with Gasteiger partial charge in [0.25, 0.3) is 0 Å². The zero-order valence-electron chi connectivity index (χ0n) is 13.5. The number of ether oxygens (including phenoxy) is 2. The lowest BCUT2D eigenvalue weighted by molar-refractivity contribution is -0.484.